The Bertz CT molecular complexity index is 1320. The van der Waals surface area contributed by atoms with Gasteiger partial charge in [0.25, 0.3) is 5.89 Å². The Labute approximate surface area is 203 Å². The van der Waals surface area contributed by atoms with E-state index in [1.54, 1.807) is 43.6 Å². The van der Waals surface area contributed by atoms with Gasteiger partial charge in [-0.1, -0.05) is 35.8 Å². The van der Waals surface area contributed by atoms with E-state index < -0.39 is 5.41 Å². The highest BCUT2D eigenvalue weighted by atomic mass is 16.5. The molecule has 0 spiro atoms. The Hall–Kier alpha value is -4.08. The Balaban J connectivity index is 1.43. The van der Waals surface area contributed by atoms with Crippen molar-refractivity contribution in [1.82, 2.24) is 34.8 Å². The normalized spacial score (nSPS) is 15.4. The van der Waals surface area contributed by atoms with Crippen LogP contribution in [0.25, 0.3) is 22.6 Å². The van der Waals surface area contributed by atoms with Crippen molar-refractivity contribution in [1.29, 1.82) is 0 Å². The van der Waals surface area contributed by atoms with E-state index in [0.717, 1.165) is 29.5 Å². The summed E-state index contributed by atoms with van der Waals surface area (Å²) in [4.78, 5) is 26.5. The predicted molar refractivity (Wildman–Crippen MR) is 130 cm³/mol. The Morgan fingerprint density at radius 3 is 2.46 bits per heavy atom. The highest BCUT2D eigenvalue weighted by Crippen LogP contribution is 2.47. The summed E-state index contributed by atoms with van der Waals surface area (Å²) in [7, 11) is 3.43. The lowest BCUT2D eigenvalue weighted by molar-refractivity contribution is -0.129. The van der Waals surface area contributed by atoms with Crippen LogP contribution in [0.3, 0.4) is 0 Å². The minimum absolute atomic E-state index is 0.0441. The van der Waals surface area contributed by atoms with Crippen LogP contribution in [0.15, 0.2) is 53.6 Å². The summed E-state index contributed by atoms with van der Waals surface area (Å²) in [6.07, 6.45) is 10.3. The second kappa shape index (κ2) is 8.94. The van der Waals surface area contributed by atoms with Gasteiger partial charge in [-0.2, -0.15) is 10.1 Å². The molecule has 1 fully saturated rings. The molecule has 4 aromatic rings. The predicted octanol–water partition coefficient (Wildman–Crippen LogP) is 3.17. The van der Waals surface area contributed by atoms with Crippen LogP contribution in [0.5, 0.6) is 0 Å². The smallest absolute Gasteiger partial charge is 0.261 e. The van der Waals surface area contributed by atoms with E-state index in [4.69, 9.17) is 15.2 Å². The summed E-state index contributed by atoms with van der Waals surface area (Å²) in [5.74, 6) is 1.67. The average molecular weight is 473 g/mol. The number of aromatic nitrogens is 6. The lowest BCUT2D eigenvalue weighted by Gasteiger charge is -2.41. The molecule has 2 N–H and O–H groups in total. The SMILES string of the molecule is CN(C)C(=O)Cn1cc(-c2nc(C(C)(c3ccc(-c4cnc(N)nc4)cc3)C3CCC3)no2)cn1. The number of benzene rings is 1. The molecule has 3 heterocycles. The van der Waals surface area contributed by atoms with Crippen molar-refractivity contribution in [3.8, 4) is 22.6 Å². The molecule has 0 bridgehead atoms. The highest BCUT2D eigenvalue weighted by Gasteiger charge is 2.44. The second-order valence-electron chi connectivity index (χ2n) is 9.38. The maximum absolute atomic E-state index is 12.0. The molecule has 10 heteroatoms. The molecule has 180 valence electrons. The minimum Gasteiger partial charge on any atom is -0.368 e. The minimum atomic E-state index is -0.396. The van der Waals surface area contributed by atoms with Crippen LogP contribution in [0.2, 0.25) is 0 Å². The molecule has 0 saturated heterocycles. The van der Waals surface area contributed by atoms with Crippen molar-refractivity contribution >= 4 is 11.9 Å². The van der Waals surface area contributed by atoms with Crippen LogP contribution in [0.1, 0.15) is 37.6 Å². The number of amides is 1. The molecular formula is C25H28N8O2. The molecule has 1 unspecified atom stereocenters. The van der Waals surface area contributed by atoms with Crippen LogP contribution in [0.4, 0.5) is 5.95 Å². The summed E-state index contributed by atoms with van der Waals surface area (Å²) in [6, 6.07) is 8.36. The van der Waals surface area contributed by atoms with Crippen molar-refractivity contribution in [2.24, 2.45) is 5.92 Å². The zero-order valence-electron chi connectivity index (χ0n) is 20.0. The largest absolute Gasteiger partial charge is 0.368 e. The summed E-state index contributed by atoms with van der Waals surface area (Å²) in [5.41, 5.74) is 8.95. The topological polar surface area (TPSA) is 129 Å². The molecule has 1 aromatic carbocycles. The molecule has 3 aromatic heterocycles. The molecule has 1 amide bonds. The van der Waals surface area contributed by atoms with Crippen molar-refractivity contribution in [2.75, 3.05) is 19.8 Å². The van der Waals surface area contributed by atoms with Crippen LogP contribution in [-0.4, -0.2) is 54.8 Å². The second-order valence-corrected chi connectivity index (χ2v) is 9.38. The van der Waals surface area contributed by atoms with Crippen molar-refractivity contribution in [3.05, 3.63) is 60.4 Å². The Morgan fingerprint density at radius 2 is 1.83 bits per heavy atom. The van der Waals surface area contributed by atoms with Gasteiger partial charge in [-0.3, -0.25) is 9.48 Å². The maximum Gasteiger partial charge on any atom is 0.261 e. The van der Waals surface area contributed by atoms with Gasteiger partial charge in [-0.05, 0) is 36.8 Å². The van der Waals surface area contributed by atoms with Crippen LogP contribution in [-0.2, 0) is 16.8 Å². The lowest BCUT2D eigenvalue weighted by Crippen LogP contribution is -2.38. The number of nitrogens with two attached hydrogens (primary N) is 1. The number of likely N-dealkylation sites (N-methyl/N-ethyl adjacent to an activating group) is 1. The molecule has 0 radical (unpaired) electrons. The summed E-state index contributed by atoms with van der Waals surface area (Å²) in [5, 5.41) is 8.67. The number of nitrogen functional groups attached to an aromatic ring is 1. The third-order valence-corrected chi connectivity index (χ3v) is 6.98. The summed E-state index contributed by atoms with van der Waals surface area (Å²) < 4.78 is 7.24. The maximum atomic E-state index is 12.0. The third-order valence-electron chi connectivity index (χ3n) is 6.98. The number of carbonyl (C=O) groups is 1. The third kappa shape index (κ3) is 4.27. The summed E-state index contributed by atoms with van der Waals surface area (Å²) in [6.45, 7) is 2.34. The van der Waals surface area contributed by atoms with E-state index in [-0.39, 0.29) is 18.4 Å². The van der Waals surface area contributed by atoms with E-state index in [1.165, 1.54) is 11.3 Å². The fraction of sp³-hybridized carbons (Fsp3) is 0.360. The Morgan fingerprint density at radius 1 is 1.11 bits per heavy atom. The zero-order valence-corrected chi connectivity index (χ0v) is 20.0. The molecule has 0 aliphatic heterocycles. The van der Waals surface area contributed by atoms with E-state index in [1.807, 2.05) is 0 Å². The van der Waals surface area contributed by atoms with Gasteiger partial charge in [0.2, 0.25) is 11.9 Å². The Kier molecular flexibility index (Phi) is 5.80. The zero-order chi connectivity index (χ0) is 24.6. The van der Waals surface area contributed by atoms with Crippen molar-refractivity contribution < 1.29 is 9.32 Å². The van der Waals surface area contributed by atoms with E-state index in [9.17, 15) is 4.79 Å². The van der Waals surface area contributed by atoms with E-state index in [2.05, 4.69) is 51.4 Å². The lowest BCUT2D eigenvalue weighted by atomic mass is 9.62. The molecule has 1 saturated carbocycles. The number of nitrogens with zero attached hydrogens (tertiary/aromatic N) is 7. The number of carbonyl (C=O) groups excluding carboxylic acids is 1. The molecule has 1 atom stereocenters. The fourth-order valence-corrected chi connectivity index (χ4v) is 4.42. The molecule has 1 aliphatic carbocycles. The molecule has 5 rings (SSSR count). The molecule has 35 heavy (non-hydrogen) atoms. The van der Waals surface area contributed by atoms with Gasteiger partial charge in [0.05, 0.1) is 17.2 Å². The quantitative estimate of drug-likeness (QED) is 0.434. The van der Waals surface area contributed by atoms with Gasteiger partial charge in [0.1, 0.15) is 6.54 Å². The molecular weight excluding hydrogens is 444 g/mol. The standard InChI is InChI=1S/C25H28N8O2/c1-25(19-5-4-6-19,20-9-7-16(8-10-20)17-11-27-24(26)28-12-17)23-30-22(35-31-23)18-13-29-33(14-18)15-21(34)32(2)3/h7-14,19H,4-6,15H2,1-3H3,(H2,26,27,28). The number of rotatable bonds is 7. The van der Waals surface area contributed by atoms with Gasteiger partial charge in [-0.25, -0.2) is 9.97 Å². The van der Waals surface area contributed by atoms with Crippen LogP contribution >= 0.6 is 0 Å². The first-order valence-corrected chi connectivity index (χ1v) is 11.6. The molecule has 10 nitrogen and oxygen atoms in total. The monoisotopic (exact) mass is 472 g/mol. The average Bonchev–Trinajstić information content (AvgIpc) is 3.48. The number of hydrogen-bond acceptors (Lipinski definition) is 8. The first kappa shape index (κ1) is 22.7. The fourth-order valence-electron chi connectivity index (χ4n) is 4.42. The van der Waals surface area contributed by atoms with Crippen LogP contribution in [0, 0.1) is 5.92 Å². The summed E-state index contributed by atoms with van der Waals surface area (Å²) >= 11 is 0. The van der Waals surface area contributed by atoms with E-state index >= 15 is 0 Å². The van der Waals surface area contributed by atoms with Gasteiger partial charge in [0, 0.05) is 38.2 Å². The number of anilines is 1. The van der Waals surface area contributed by atoms with Gasteiger partial charge in [-0.15, -0.1) is 0 Å². The van der Waals surface area contributed by atoms with Crippen LogP contribution < -0.4 is 5.73 Å². The van der Waals surface area contributed by atoms with Crippen molar-refractivity contribution in [3.63, 3.8) is 0 Å². The highest BCUT2D eigenvalue weighted by molar-refractivity contribution is 5.75. The first-order chi connectivity index (χ1) is 16.8. The van der Waals surface area contributed by atoms with E-state index in [0.29, 0.717) is 23.2 Å². The number of hydrogen-bond donors (Lipinski definition) is 1. The molecule has 1 aliphatic rings. The van der Waals surface area contributed by atoms with Crippen molar-refractivity contribution in [2.45, 2.75) is 38.1 Å². The van der Waals surface area contributed by atoms with Gasteiger partial charge in [0.15, 0.2) is 5.82 Å². The van der Waals surface area contributed by atoms with Gasteiger partial charge >= 0.3 is 0 Å². The first-order valence-electron chi connectivity index (χ1n) is 11.6. The van der Waals surface area contributed by atoms with Gasteiger partial charge < -0.3 is 15.2 Å².